The second-order valence-corrected chi connectivity index (χ2v) is 7.42. The number of aliphatic hydroxyl groups is 1. The topological polar surface area (TPSA) is 119 Å². The molecule has 1 atom stereocenters. The molecule has 0 aromatic heterocycles. The molecule has 1 amide bonds. The van der Waals surface area contributed by atoms with E-state index >= 15 is 0 Å². The third-order valence-electron chi connectivity index (χ3n) is 5.55. The van der Waals surface area contributed by atoms with Gasteiger partial charge in [0.2, 0.25) is 0 Å². The number of rotatable bonds is 6. The van der Waals surface area contributed by atoms with Gasteiger partial charge in [0.1, 0.15) is 5.76 Å². The maximum absolute atomic E-state index is 13.2. The molecule has 0 spiro atoms. The molecule has 172 valence electrons. The molecule has 9 heteroatoms. The largest absolute Gasteiger partial charge is 0.507 e. The molecule has 3 aromatic rings. The SMILES string of the molecule is COc1ccc(C2/C(=C(/O)c3ccc([N+](=O)[O-])cc3)C(=O)C(=O)N2c2ccccc2)cc1OC. The quantitative estimate of drug-likeness (QED) is 0.192. The third kappa shape index (κ3) is 3.83. The van der Waals surface area contributed by atoms with Crippen LogP contribution in [0.15, 0.2) is 78.4 Å². The lowest BCUT2D eigenvalue weighted by atomic mass is 9.94. The smallest absolute Gasteiger partial charge is 0.300 e. The van der Waals surface area contributed by atoms with E-state index in [1.807, 2.05) is 0 Å². The van der Waals surface area contributed by atoms with Gasteiger partial charge in [0, 0.05) is 23.4 Å². The number of methoxy groups -OCH3 is 2. The van der Waals surface area contributed by atoms with Crippen LogP contribution in [-0.2, 0) is 9.59 Å². The molecule has 1 aliphatic heterocycles. The van der Waals surface area contributed by atoms with Crippen LogP contribution in [0, 0.1) is 10.1 Å². The van der Waals surface area contributed by atoms with Gasteiger partial charge < -0.3 is 14.6 Å². The molecule has 1 heterocycles. The Labute approximate surface area is 194 Å². The average Bonchev–Trinajstić information content (AvgIpc) is 3.13. The molecule has 0 saturated carbocycles. The van der Waals surface area contributed by atoms with Crippen LogP contribution in [0.4, 0.5) is 11.4 Å². The van der Waals surface area contributed by atoms with Crippen LogP contribution >= 0.6 is 0 Å². The summed E-state index contributed by atoms with van der Waals surface area (Å²) in [5.41, 5.74) is 0.825. The van der Waals surface area contributed by atoms with Gasteiger partial charge in [-0.15, -0.1) is 0 Å². The molecule has 34 heavy (non-hydrogen) atoms. The number of hydrogen-bond acceptors (Lipinski definition) is 7. The first-order valence-electron chi connectivity index (χ1n) is 10.2. The number of amides is 1. The van der Waals surface area contributed by atoms with Gasteiger partial charge in [0.25, 0.3) is 17.4 Å². The van der Waals surface area contributed by atoms with Crippen molar-refractivity contribution >= 4 is 28.8 Å². The number of aliphatic hydroxyl groups excluding tert-OH is 1. The molecule has 1 saturated heterocycles. The van der Waals surface area contributed by atoms with Gasteiger partial charge in [0.05, 0.1) is 30.8 Å². The van der Waals surface area contributed by atoms with Gasteiger partial charge in [0.15, 0.2) is 11.5 Å². The Morgan fingerprint density at radius 1 is 0.941 bits per heavy atom. The molecule has 1 fully saturated rings. The number of benzene rings is 3. The Kier molecular flexibility index (Phi) is 6.01. The van der Waals surface area contributed by atoms with E-state index in [0.717, 1.165) is 0 Å². The molecule has 0 bridgehead atoms. The summed E-state index contributed by atoms with van der Waals surface area (Å²) in [5, 5.41) is 22.1. The average molecular weight is 460 g/mol. The van der Waals surface area contributed by atoms with Crippen molar-refractivity contribution in [2.75, 3.05) is 19.1 Å². The molecule has 1 N–H and O–H groups in total. The van der Waals surface area contributed by atoms with E-state index in [1.54, 1.807) is 48.5 Å². The number of carbonyl (C=O) groups excluding carboxylic acids is 2. The summed E-state index contributed by atoms with van der Waals surface area (Å²) in [7, 11) is 2.95. The van der Waals surface area contributed by atoms with Crippen molar-refractivity contribution in [3.05, 3.63) is 99.6 Å². The standard InChI is InChI=1S/C25H20N2O7/c1-33-19-13-10-16(14-20(19)34-2)22-21(23(28)15-8-11-18(12-9-15)27(31)32)24(29)25(30)26(22)17-6-4-3-5-7-17/h3-14,22,28H,1-2H3/b23-21-. The van der Waals surface area contributed by atoms with Crippen molar-refractivity contribution in [2.24, 2.45) is 0 Å². The van der Waals surface area contributed by atoms with Gasteiger partial charge in [-0.3, -0.25) is 24.6 Å². The van der Waals surface area contributed by atoms with Crippen molar-refractivity contribution in [3.63, 3.8) is 0 Å². The van der Waals surface area contributed by atoms with E-state index in [9.17, 15) is 24.8 Å². The van der Waals surface area contributed by atoms with Crippen molar-refractivity contribution in [3.8, 4) is 11.5 Å². The van der Waals surface area contributed by atoms with E-state index in [2.05, 4.69) is 0 Å². The van der Waals surface area contributed by atoms with Crippen molar-refractivity contribution in [1.82, 2.24) is 0 Å². The van der Waals surface area contributed by atoms with E-state index < -0.39 is 28.4 Å². The van der Waals surface area contributed by atoms with Crippen LogP contribution < -0.4 is 14.4 Å². The van der Waals surface area contributed by atoms with Crippen molar-refractivity contribution in [1.29, 1.82) is 0 Å². The first kappa shape index (κ1) is 22.5. The molecular weight excluding hydrogens is 440 g/mol. The number of Topliss-reactive ketones (excluding diaryl/α,β-unsaturated/α-hetero) is 1. The highest BCUT2D eigenvalue weighted by molar-refractivity contribution is 6.51. The lowest BCUT2D eigenvalue weighted by molar-refractivity contribution is -0.384. The summed E-state index contributed by atoms with van der Waals surface area (Å²) in [6.07, 6.45) is 0. The van der Waals surface area contributed by atoms with Gasteiger partial charge in [-0.1, -0.05) is 24.3 Å². The normalized spacial score (nSPS) is 17.0. The van der Waals surface area contributed by atoms with Crippen LogP contribution in [0.5, 0.6) is 11.5 Å². The maximum Gasteiger partial charge on any atom is 0.300 e. The number of nitro benzene ring substituents is 1. The second-order valence-electron chi connectivity index (χ2n) is 7.42. The maximum atomic E-state index is 13.2. The highest BCUT2D eigenvalue weighted by atomic mass is 16.6. The number of nitrogens with zero attached hydrogens (tertiary/aromatic N) is 2. The van der Waals surface area contributed by atoms with E-state index in [1.165, 1.54) is 43.4 Å². The van der Waals surface area contributed by atoms with E-state index in [-0.39, 0.29) is 16.8 Å². The molecule has 9 nitrogen and oxygen atoms in total. The Bertz CT molecular complexity index is 1300. The Morgan fingerprint density at radius 2 is 1.59 bits per heavy atom. The first-order chi connectivity index (χ1) is 16.4. The highest BCUT2D eigenvalue weighted by Gasteiger charge is 2.47. The Balaban J connectivity index is 1.93. The zero-order valence-corrected chi connectivity index (χ0v) is 18.3. The number of hydrogen-bond donors (Lipinski definition) is 1. The van der Waals surface area contributed by atoms with Crippen LogP contribution in [0.2, 0.25) is 0 Å². The minimum atomic E-state index is -0.975. The monoisotopic (exact) mass is 460 g/mol. The molecule has 4 rings (SSSR count). The fourth-order valence-corrected chi connectivity index (χ4v) is 3.92. The summed E-state index contributed by atoms with van der Waals surface area (Å²) in [4.78, 5) is 38.0. The zero-order chi connectivity index (χ0) is 24.4. The predicted octanol–water partition coefficient (Wildman–Crippen LogP) is 4.24. The lowest BCUT2D eigenvalue weighted by Gasteiger charge is -2.26. The summed E-state index contributed by atoms with van der Waals surface area (Å²) < 4.78 is 10.7. The molecular formula is C25H20N2O7. The molecule has 1 unspecified atom stereocenters. The fourth-order valence-electron chi connectivity index (χ4n) is 3.92. The number of anilines is 1. The number of nitro groups is 1. The minimum absolute atomic E-state index is 0.144. The first-order valence-corrected chi connectivity index (χ1v) is 10.2. The lowest BCUT2D eigenvalue weighted by Crippen LogP contribution is -2.29. The van der Waals surface area contributed by atoms with Gasteiger partial charge >= 0.3 is 0 Å². The number of ether oxygens (including phenoxy) is 2. The summed E-state index contributed by atoms with van der Waals surface area (Å²) in [5.74, 6) is -1.28. The van der Waals surface area contributed by atoms with Crippen molar-refractivity contribution in [2.45, 2.75) is 6.04 Å². The van der Waals surface area contributed by atoms with E-state index in [0.29, 0.717) is 22.7 Å². The Morgan fingerprint density at radius 3 is 2.18 bits per heavy atom. The molecule has 3 aromatic carbocycles. The fraction of sp³-hybridized carbons (Fsp3) is 0.120. The molecule has 0 aliphatic carbocycles. The summed E-state index contributed by atoms with van der Waals surface area (Å²) in [6.45, 7) is 0. The number of para-hydroxylation sites is 1. The van der Waals surface area contributed by atoms with Crippen LogP contribution in [0.1, 0.15) is 17.2 Å². The summed E-state index contributed by atoms with van der Waals surface area (Å²) in [6, 6.07) is 17.7. The molecule has 0 radical (unpaired) electrons. The van der Waals surface area contributed by atoms with Crippen LogP contribution in [0.25, 0.3) is 5.76 Å². The Hall–Kier alpha value is -4.66. The van der Waals surface area contributed by atoms with Crippen molar-refractivity contribution < 1.29 is 29.1 Å². The molecule has 1 aliphatic rings. The third-order valence-corrected chi connectivity index (χ3v) is 5.55. The number of non-ortho nitro benzene ring substituents is 1. The van der Waals surface area contributed by atoms with Crippen LogP contribution in [0.3, 0.4) is 0 Å². The minimum Gasteiger partial charge on any atom is -0.507 e. The highest BCUT2D eigenvalue weighted by Crippen LogP contribution is 2.44. The summed E-state index contributed by atoms with van der Waals surface area (Å²) >= 11 is 0. The zero-order valence-electron chi connectivity index (χ0n) is 18.3. The number of carbonyl (C=O) groups is 2. The number of ketones is 1. The second kappa shape index (κ2) is 9.07. The van der Waals surface area contributed by atoms with Gasteiger partial charge in [-0.05, 0) is 42.0 Å². The van der Waals surface area contributed by atoms with Gasteiger partial charge in [-0.2, -0.15) is 0 Å². The van der Waals surface area contributed by atoms with Gasteiger partial charge in [-0.25, -0.2) is 0 Å². The van der Waals surface area contributed by atoms with E-state index in [4.69, 9.17) is 9.47 Å². The van der Waals surface area contributed by atoms with Crippen LogP contribution in [-0.4, -0.2) is 35.9 Å². The predicted molar refractivity (Wildman–Crippen MR) is 124 cm³/mol.